The average molecular weight is 268 g/mol. The highest BCUT2D eigenvalue weighted by atomic mass is 79.9. The van der Waals surface area contributed by atoms with Crippen molar-refractivity contribution in [2.75, 3.05) is 0 Å². The molecule has 1 radical (unpaired) electrons. The molecule has 0 saturated heterocycles. The number of nitrogens with zero attached hydrogens (tertiary/aromatic N) is 4. The highest BCUT2D eigenvalue weighted by Gasteiger charge is 2.16. The lowest BCUT2D eigenvalue weighted by molar-refractivity contribution is -0.384. The number of rotatable bonds is 2. The van der Waals surface area contributed by atoms with Gasteiger partial charge in [-0.25, -0.2) is 9.67 Å². The first-order valence-corrected chi connectivity index (χ1v) is 4.71. The lowest BCUT2D eigenvalue weighted by Gasteiger charge is -1.99. The third kappa shape index (κ3) is 1.86. The number of hydrogen-bond acceptors (Lipinski definition) is 4. The van der Waals surface area contributed by atoms with Gasteiger partial charge in [0.05, 0.1) is 11.1 Å². The van der Waals surface area contributed by atoms with Crippen molar-refractivity contribution >= 4 is 21.6 Å². The normalized spacial score (nSPS) is 10.2. The third-order valence-electron chi connectivity index (χ3n) is 1.66. The fourth-order valence-electron chi connectivity index (χ4n) is 1.07. The summed E-state index contributed by atoms with van der Waals surface area (Å²) in [6.07, 6.45) is 4.17. The van der Waals surface area contributed by atoms with E-state index in [1.165, 1.54) is 23.0 Å². The predicted molar refractivity (Wildman–Crippen MR) is 54.5 cm³/mol. The Kier molecular flexibility index (Phi) is 2.46. The molecule has 2 rings (SSSR count). The van der Waals surface area contributed by atoms with Gasteiger partial charge in [-0.05, 0) is 22.0 Å². The lowest BCUT2D eigenvalue weighted by atomic mass is 10.4. The van der Waals surface area contributed by atoms with Crippen molar-refractivity contribution in [1.82, 2.24) is 14.8 Å². The van der Waals surface area contributed by atoms with Crippen molar-refractivity contribution in [2.24, 2.45) is 0 Å². The van der Waals surface area contributed by atoms with Crippen LogP contribution >= 0.6 is 15.9 Å². The molecule has 0 amide bonds. The zero-order valence-electron chi connectivity index (χ0n) is 7.29. The molecule has 0 spiro atoms. The quantitative estimate of drug-likeness (QED) is 0.614. The molecule has 0 unspecified atom stereocenters. The van der Waals surface area contributed by atoms with Crippen LogP contribution < -0.4 is 0 Å². The van der Waals surface area contributed by atoms with E-state index in [-0.39, 0.29) is 11.5 Å². The number of hydrogen-bond donors (Lipinski definition) is 0. The molecule has 0 fully saturated rings. The van der Waals surface area contributed by atoms with Gasteiger partial charge in [0.15, 0.2) is 0 Å². The molecular weight excluding hydrogens is 264 g/mol. The largest absolute Gasteiger partial charge is 0.313 e. The predicted octanol–water partition coefficient (Wildman–Crippen LogP) is 1.74. The molecule has 2 aromatic rings. The molecule has 15 heavy (non-hydrogen) atoms. The van der Waals surface area contributed by atoms with Crippen LogP contribution in [0.2, 0.25) is 0 Å². The molecule has 2 heterocycles. The van der Waals surface area contributed by atoms with Crippen LogP contribution in [0, 0.1) is 16.3 Å². The van der Waals surface area contributed by atoms with Crippen LogP contribution in [0.25, 0.3) is 5.82 Å². The first-order valence-electron chi connectivity index (χ1n) is 3.91. The van der Waals surface area contributed by atoms with E-state index in [1.54, 1.807) is 6.07 Å². The van der Waals surface area contributed by atoms with Gasteiger partial charge in [0.25, 0.3) is 0 Å². The molecular formula is C8H4BrN4O2. The fraction of sp³-hybridized carbons (Fsp3) is 0. The molecule has 7 heteroatoms. The Balaban J connectivity index is 2.57. The molecule has 0 bridgehead atoms. The van der Waals surface area contributed by atoms with Crippen LogP contribution in [-0.2, 0) is 0 Å². The molecule has 0 atom stereocenters. The average Bonchev–Trinajstić information content (AvgIpc) is 2.65. The Hall–Kier alpha value is -1.76. The van der Waals surface area contributed by atoms with Crippen molar-refractivity contribution in [3.8, 4) is 5.82 Å². The standard InChI is InChI=1S/C8H4BrN4O2/c9-7-3-5-12(11-7)8-6(13(14)15)2-1-4-10-8/h1-4H. The smallest absolute Gasteiger partial charge is 0.258 e. The van der Waals surface area contributed by atoms with Gasteiger partial charge in [0.1, 0.15) is 4.60 Å². The summed E-state index contributed by atoms with van der Waals surface area (Å²) in [5.41, 5.74) is -0.107. The Morgan fingerprint density at radius 3 is 3.00 bits per heavy atom. The maximum absolute atomic E-state index is 10.7. The molecule has 0 N–H and O–H groups in total. The minimum absolute atomic E-state index is 0.107. The zero-order valence-corrected chi connectivity index (χ0v) is 8.88. The van der Waals surface area contributed by atoms with E-state index in [4.69, 9.17) is 0 Å². The first-order chi connectivity index (χ1) is 7.18. The Morgan fingerprint density at radius 2 is 2.40 bits per heavy atom. The van der Waals surface area contributed by atoms with Crippen LogP contribution in [0.5, 0.6) is 0 Å². The molecule has 0 aliphatic heterocycles. The van der Waals surface area contributed by atoms with Gasteiger partial charge in [-0.3, -0.25) is 10.1 Å². The molecule has 0 aliphatic carbocycles. The maximum Gasteiger partial charge on any atom is 0.313 e. The Bertz CT molecular complexity index is 511. The van der Waals surface area contributed by atoms with Gasteiger partial charge < -0.3 is 0 Å². The number of halogens is 1. The zero-order chi connectivity index (χ0) is 10.8. The molecule has 0 aromatic carbocycles. The molecule has 6 nitrogen and oxygen atoms in total. The summed E-state index contributed by atoms with van der Waals surface area (Å²) < 4.78 is 1.77. The van der Waals surface area contributed by atoms with E-state index in [1.807, 2.05) is 0 Å². The second kappa shape index (κ2) is 3.77. The summed E-state index contributed by atoms with van der Waals surface area (Å²) in [7, 11) is 0. The van der Waals surface area contributed by atoms with Gasteiger partial charge in [0.2, 0.25) is 5.82 Å². The second-order valence-corrected chi connectivity index (χ2v) is 3.42. The summed E-state index contributed by atoms with van der Waals surface area (Å²) in [5, 5.41) is 14.6. The first kappa shape index (κ1) is 9.78. The molecule has 0 saturated carbocycles. The number of pyridine rings is 1. The molecule has 2 aromatic heterocycles. The summed E-state index contributed by atoms with van der Waals surface area (Å²) in [5.74, 6) is 0.146. The van der Waals surface area contributed by atoms with E-state index >= 15 is 0 Å². The molecule has 75 valence electrons. The van der Waals surface area contributed by atoms with Gasteiger partial charge in [-0.2, -0.15) is 5.10 Å². The Morgan fingerprint density at radius 1 is 1.60 bits per heavy atom. The number of aromatic nitrogens is 3. The maximum atomic E-state index is 10.7. The minimum atomic E-state index is -0.508. The minimum Gasteiger partial charge on any atom is -0.258 e. The van der Waals surface area contributed by atoms with Gasteiger partial charge in [-0.1, -0.05) is 0 Å². The van der Waals surface area contributed by atoms with Crippen molar-refractivity contribution in [1.29, 1.82) is 0 Å². The van der Waals surface area contributed by atoms with E-state index in [0.29, 0.717) is 4.60 Å². The van der Waals surface area contributed by atoms with E-state index < -0.39 is 4.92 Å². The molecule has 0 aliphatic rings. The topological polar surface area (TPSA) is 73.8 Å². The van der Waals surface area contributed by atoms with Gasteiger partial charge in [-0.15, -0.1) is 0 Å². The SMILES string of the molecule is O=[N+]([O-])c1cccnc1-n1[c]cc(Br)n1. The lowest BCUT2D eigenvalue weighted by Crippen LogP contribution is -2.03. The van der Waals surface area contributed by atoms with Gasteiger partial charge >= 0.3 is 5.69 Å². The highest BCUT2D eigenvalue weighted by Crippen LogP contribution is 2.19. The van der Waals surface area contributed by atoms with Crippen LogP contribution in [0.1, 0.15) is 0 Å². The third-order valence-corrected chi connectivity index (χ3v) is 2.05. The van der Waals surface area contributed by atoms with Crippen LogP contribution in [0.4, 0.5) is 5.69 Å². The second-order valence-electron chi connectivity index (χ2n) is 2.61. The number of nitro groups is 1. The van der Waals surface area contributed by atoms with E-state index in [0.717, 1.165) is 0 Å². The monoisotopic (exact) mass is 267 g/mol. The van der Waals surface area contributed by atoms with Crippen LogP contribution in [0.15, 0.2) is 29.0 Å². The van der Waals surface area contributed by atoms with Crippen molar-refractivity contribution in [3.63, 3.8) is 0 Å². The van der Waals surface area contributed by atoms with Crippen molar-refractivity contribution in [2.45, 2.75) is 0 Å². The van der Waals surface area contributed by atoms with Gasteiger partial charge in [0, 0.05) is 18.3 Å². The summed E-state index contributed by atoms with van der Waals surface area (Å²) in [6.45, 7) is 0. The highest BCUT2D eigenvalue weighted by molar-refractivity contribution is 9.10. The van der Waals surface area contributed by atoms with Crippen LogP contribution in [0.3, 0.4) is 0 Å². The summed E-state index contributed by atoms with van der Waals surface area (Å²) in [4.78, 5) is 14.1. The Labute approximate surface area is 92.8 Å². The fourth-order valence-corrected chi connectivity index (χ4v) is 1.33. The van der Waals surface area contributed by atoms with Crippen molar-refractivity contribution < 1.29 is 4.92 Å². The van der Waals surface area contributed by atoms with Crippen molar-refractivity contribution in [3.05, 3.63) is 45.3 Å². The summed E-state index contributed by atoms with van der Waals surface area (Å²) >= 11 is 3.13. The summed E-state index contributed by atoms with van der Waals surface area (Å²) in [6, 6.07) is 4.42. The van der Waals surface area contributed by atoms with Crippen LogP contribution in [-0.4, -0.2) is 19.7 Å². The van der Waals surface area contributed by atoms with E-state index in [9.17, 15) is 10.1 Å². The van der Waals surface area contributed by atoms with E-state index in [2.05, 4.69) is 32.2 Å².